The molecule has 0 radical (unpaired) electrons. The summed E-state index contributed by atoms with van der Waals surface area (Å²) < 4.78 is 0. The van der Waals surface area contributed by atoms with Crippen LogP contribution in [0, 0.1) is 0 Å². The van der Waals surface area contributed by atoms with E-state index in [1.807, 2.05) is 0 Å². The Balaban J connectivity index is 2.01. The summed E-state index contributed by atoms with van der Waals surface area (Å²) in [4.78, 5) is 5.13. The molecule has 2 rings (SSSR count). The van der Waals surface area contributed by atoms with E-state index < -0.39 is 0 Å². The molecular weight excluding hydrogens is 148 g/mol. The average molecular weight is 168 g/mol. The van der Waals surface area contributed by atoms with Crippen molar-refractivity contribution in [1.29, 1.82) is 0 Å². The third-order valence-electron chi connectivity index (χ3n) is 3.50. The standard InChI is InChI=1S/C10H20N2/c1-3-12-7-5-4-6-10(12)8-11(2)9-10/h3-9H2,1-2H3. The molecular formula is C10H20N2. The molecule has 2 fully saturated rings. The SMILES string of the molecule is CCN1CCCCC12CN(C)C2. The van der Waals surface area contributed by atoms with Crippen LogP contribution in [0.5, 0.6) is 0 Å². The van der Waals surface area contributed by atoms with Crippen molar-refractivity contribution in [2.45, 2.75) is 31.7 Å². The number of nitrogens with zero attached hydrogens (tertiary/aromatic N) is 2. The molecule has 2 heterocycles. The van der Waals surface area contributed by atoms with Crippen LogP contribution in [-0.4, -0.2) is 48.6 Å². The second-order valence-corrected chi connectivity index (χ2v) is 4.43. The van der Waals surface area contributed by atoms with Crippen LogP contribution in [0.4, 0.5) is 0 Å². The predicted molar refractivity (Wildman–Crippen MR) is 51.3 cm³/mol. The first-order valence-electron chi connectivity index (χ1n) is 5.20. The fourth-order valence-corrected chi connectivity index (χ4v) is 2.96. The van der Waals surface area contributed by atoms with E-state index in [1.54, 1.807) is 0 Å². The molecule has 2 aliphatic rings. The molecule has 2 aliphatic heterocycles. The van der Waals surface area contributed by atoms with E-state index in [0.717, 1.165) is 0 Å². The zero-order chi connectivity index (χ0) is 8.60. The highest BCUT2D eigenvalue weighted by molar-refractivity contribution is 5.04. The Kier molecular flexibility index (Phi) is 2.13. The number of piperidine rings is 1. The summed E-state index contributed by atoms with van der Waals surface area (Å²) in [6, 6.07) is 0. The van der Waals surface area contributed by atoms with Gasteiger partial charge in [0, 0.05) is 18.6 Å². The Morgan fingerprint density at radius 1 is 1.25 bits per heavy atom. The summed E-state index contributed by atoms with van der Waals surface area (Å²) >= 11 is 0. The molecule has 2 saturated heterocycles. The van der Waals surface area contributed by atoms with E-state index in [-0.39, 0.29) is 0 Å². The molecule has 0 bridgehead atoms. The minimum absolute atomic E-state index is 0.599. The quantitative estimate of drug-likeness (QED) is 0.580. The minimum atomic E-state index is 0.599. The van der Waals surface area contributed by atoms with Crippen molar-refractivity contribution >= 4 is 0 Å². The first-order chi connectivity index (χ1) is 5.77. The monoisotopic (exact) mass is 168 g/mol. The number of hydrogen-bond acceptors (Lipinski definition) is 2. The molecule has 0 atom stereocenters. The normalized spacial score (nSPS) is 30.5. The molecule has 0 N–H and O–H groups in total. The van der Waals surface area contributed by atoms with Crippen LogP contribution in [0.3, 0.4) is 0 Å². The number of hydrogen-bond donors (Lipinski definition) is 0. The van der Waals surface area contributed by atoms with Gasteiger partial charge >= 0.3 is 0 Å². The number of likely N-dealkylation sites (N-methyl/N-ethyl adjacent to an activating group) is 2. The molecule has 0 aromatic heterocycles. The van der Waals surface area contributed by atoms with Gasteiger partial charge < -0.3 is 4.90 Å². The Hall–Kier alpha value is -0.0800. The predicted octanol–water partition coefficient (Wildman–Crippen LogP) is 1.18. The lowest BCUT2D eigenvalue weighted by atomic mass is 9.80. The van der Waals surface area contributed by atoms with Crippen LogP contribution in [-0.2, 0) is 0 Å². The van der Waals surface area contributed by atoms with E-state index >= 15 is 0 Å². The van der Waals surface area contributed by atoms with Crippen molar-refractivity contribution in [3.8, 4) is 0 Å². The Morgan fingerprint density at radius 3 is 2.58 bits per heavy atom. The Morgan fingerprint density at radius 2 is 2.00 bits per heavy atom. The second kappa shape index (κ2) is 3.00. The third-order valence-corrected chi connectivity index (χ3v) is 3.50. The van der Waals surface area contributed by atoms with Crippen LogP contribution < -0.4 is 0 Å². The van der Waals surface area contributed by atoms with Gasteiger partial charge in [-0.1, -0.05) is 13.3 Å². The van der Waals surface area contributed by atoms with Gasteiger partial charge in [-0.25, -0.2) is 0 Å². The summed E-state index contributed by atoms with van der Waals surface area (Å²) in [5.41, 5.74) is 0.599. The first kappa shape index (κ1) is 8.52. The van der Waals surface area contributed by atoms with Gasteiger partial charge in [-0.2, -0.15) is 0 Å². The highest BCUT2D eigenvalue weighted by atomic mass is 15.3. The van der Waals surface area contributed by atoms with E-state index in [0.29, 0.717) is 5.54 Å². The van der Waals surface area contributed by atoms with Gasteiger partial charge in [0.15, 0.2) is 0 Å². The average Bonchev–Trinajstić information content (AvgIpc) is 2.03. The number of likely N-dealkylation sites (tertiary alicyclic amines) is 2. The molecule has 0 amide bonds. The molecule has 2 heteroatoms. The molecule has 0 aliphatic carbocycles. The molecule has 2 nitrogen and oxygen atoms in total. The van der Waals surface area contributed by atoms with Crippen molar-refractivity contribution in [2.75, 3.05) is 33.2 Å². The van der Waals surface area contributed by atoms with Crippen molar-refractivity contribution in [3.63, 3.8) is 0 Å². The van der Waals surface area contributed by atoms with Crippen LogP contribution in [0.15, 0.2) is 0 Å². The lowest BCUT2D eigenvalue weighted by Gasteiger charge is -2.57. The summed E-state index contributed by atoms with van der Waals surface area (Å²) in [5, 5.41) is 0. The summed E-state index contributed by atoms with van der Waals surface area (Å²) in [7, 11) is 2.23. The molecule has 12 heavy (non-hydrogen) atoms. The molecule has 0 aromatic rings. The van der Waals surface area contributed by atoms with Gasteiger partial charge in [-0.3, -0.25) is 4.90 Å². The highest BCUT2D eigenvalue weighted by Gasteiger charge is 2.45. The van der Waals surface area contributed by atoms with Crippen LogP contribution >= 0.6 is 0 Å². The number of rotatable bonds is 1. The fraction of sp³-hybridized carbons (Fsp3) is 1.00. The zero-order valence-corrected chi connectivity index (χ0v) is 8.34. The van der Waals surface area contributed by atoms with Gasteiger partial charge in [0.2, 0.25) is 0 Å². The Labute approximate surface area is 75.5 Å². The summed E-state index contributed by atoms with van der Waals surface area (Å²) in [5.74, 6) is 0. The van der Waals surface area contributed by atoms with Gasteiger partial charge in [0.25, 0.3) is 0 Å². The summed E-state index contributed by atoms with van der Waals surface area (Å²) in [6.45, 7) is 7.49. The molecule has 0 aromatic carbocycles. The minimum Gasteiger partial charge on any atom is -0.303 e. The van der Waals surface area contributed by atoms with E-state index in [4.69, 9.17) is 0 Å². The van der Waals surface area contributed by atoms with Gasteiger partial charge in [-0.05, 0) is 33.0 Å². The largest absolute Gasteiger partial charge is 0.303 e. The maximum atomic E-state index is 2.69. The topological polar surface area (TPSA) is 6.48 Å². The second-order valence-electron chi connectivity index (χ2n) is 4.43. The zero-order valence-electron chi connectivity index (χ0n) is 8.34. The lowest BCUT2D eigenvalue weighted by Crippen LogP contribution is -2.70. The van der Waals surface area contributed by atoms with Crippen molar-refractivity contribution in [1.82, 2.24) is 9.80 Å². The van der Waals surface area contributed by atoms with Gasteiger partial charge in [0.1, 0.15) is 0 Å². The van der Waals surface area contributed by atoms with Crippen LogP contribution in [0.25, 0.3) is 0 Å². The highest BCUT2D eigenvalue weighted by Crippen LogP contribution is 2.35. The maximum Gasteiger partial charge on any atom is 0.0462 e. The van der Waals surface area contributed by atoms with Crippen molar-refractivity contribution < 1.29 is 0 Å². The summed E-state index contributed by atoms with van der Waals surface area (Å²) in [6.07, 6.45) is 4.30. The maximum absolute atomic E-state index is 2.69. The van der Waals surface area contributed by atoms with E-state index in [1.165, 1.54) is 45.4 Å². The lowest BCUT2D eigenvalue weighted by molar-refractivity contribution is -0.0632. The first-order valence-corrected chi connectivity index (χ1v) is 5.20. The van der Waals surface area contributed by atoms with Crippen molar-refractivity contribution in [2.24, 2.45) is 0 Å². The van der Waals surface area contributed by atoms with Crippen LogP contribution in [0.1, 0.15) is 26.2 Å². The van der Waals surface area contributed by atoms with Gasteiger partial charge in [-0.15, -0.1) is 0 Å². The molecule has 0 saturated carbocycles. The van der Waals surface area contributed by atoms with Gasteiger partial charge in [0.05, 0.1) is 0 Å². The van der Waals surface area contributed by atoms with E-state index in [2.05, 4.69) is 23.8 Å². The molecule has 0 unspecified atom stereocenters. The fourth-order valence-electron chi connectivity index (χ4n) is 2.96. The smallest absolute Gasteiger partial charge is 0.0462 e. The molecule has 1 spiro atoms. The molecule has 70 valence electrons. The van der Waals surface area contributed by atoms with Crippen LogP contribution in [0.2, 0.25) is 0 Å². The van der Waals surface area contributed by atoms with Crippen molar-refractivity contribution in [3.05, 3.63) is 0 Å². The third kappa shape index (κ3) is 1.17. The van der Waals surface area contributed by atoms with E-state index in [9.17, 15) is 0 Å². The Bertz CT molecular complexity index is 156.